The van der Waals surface area contributed by atoms with Crippen LogP contribution in [0.2, 0.25) is 0 Å². The molecule has 2 atom stereocenters. The summed E-state index contributed by atoms with van der Waals surface area (Å²) in [5, 5.41) is 0. The normalized spacial score (nSPS) is 27.0. The lowest BCUT2D eigenvalue weighted by Gasteiger charge is -2.53. The van der Waals surface area contributed by atoms with E-state index in [2.05, 4.69) is 0 Å². The van der Waals surface area contributed by atoms with E-state index >= 15 is 0 Å². The lowest BCUT2D eigenvalue weighted by atomic mass is 9.55. The third-order valence-corrected chi connectivity index (χ3v) is 6.31. The highest BCUT2D eigenvalue weighted by atomic mass is 19.4. The number of hydrogen-bond acceptors (Lipinski definition) is 1. The van der Waals surface area contributed by atoms with Crippen LogP contribution in [0.25, 0.3) is 0 Å². The van der Waals surface area contributed by atoms with Crippen LogP contribution in [-0.4, -0.2) is 17.4 Å². The van der Waals surface area contributed by atoms with E-state index in [4.69, 9.17) is 4.99 Å². The molecule has 1 aliphatic carbocycles. The predicted molar refractivity (Wildman–Crippen MR) is 97.7 cm³/mol. The van der Waals surface area contributed by atoms with E-state index in [1.165, 1.54) is 36.4 Å². The highest BCUT2D eigenvalue weighted by Gasteiger charge is 2.58. The zero-order valence-electron chi connectivity index (χ0n) is 15.4. The van der Waals surface area contributed by atoms with E-state index in [1.54, 1.807) is 13.0 Å². The van der Waals surface area contributed by atoms with Gasteiger partial charge in [0, 0.05) is 16.5 Å². The van der Waals surface area contributed by atoms with Crippen molar-refractivity contribution in [1.82, 2.24) is 0 Å². The molecule has 1 heterocycles. The van der Waals surface area contributed by atoms with Crippen LogP contribution in [0.5, 0.6) is 0 Å². The first-order valence-electron chi connectivity index (χ1n) is 9.37. The van der Waals surface area contributed by atoms with Crippen molar-refractivity contribution in [2.75, 3.05) is 0 Å². The smallest absolute Gasteiger partial charge is 0.276 e. The Hall–Kier alpha value is -2.24. The molecule has 1 aliphatic heterocycles. The van der Waals surface area contributed by atoms with Crippen LogP contribution < -0.4 is 0 Å². The van der Waals surface area contributed by atoms with Gasteiger partial charge in [-0.2, -0.15) is 13.2 Å². The van der Waals surface area contributed by atoms with E-state index in [-0.39, 0.29) is 6.42 Å². The second kappa shape index (κ2) is 6.39. The van der Waals surface area contributed by atoms with Gasteiger partial charge in [0.05, 0.1) is 17.7 Å². The zero-order chi connectivity index (χ0) is 20.2. The van der Waals surface area contributed by atoms with E-state index in [0.29, 0.717) is 35.2 Å². The average Bonchev–Trinajstić information content (AvgIpc) is 2.61. The second-order valence-electron chi connectivity index (χ2n) is 8.02. The van der Waals surface area contributed by atoms with Crippen molar-refractivity contribution in [3.63, 3.8) is 0 Å². The molecule has 1 fully saturated rings. The monoisotopic (exact) mass is 393 g/mol. The molecule has 0 saturated heterocycles. The molecule has 2 aromatic carbocycles. The van der Waals surface area contributed by atoms with Gasteiger partial charge in [-0.25, -0.2) is 8.78 Å². The molecule has 1 saturated carbocycles. The molecule has 0 amide bonds. The number of rotatable bonds is 2. The molecule has 2 aliphatic rings. The van der Waals surface area contributed by atoms with Crippen molar-refractivity contribution >= 4 is 5.71 Å². The maximum atomic E-state index is 14.2. The van der Waals surface area contributed by atoms with Gasteiger partial charge >= 0.3 is 6.18 Å². The Kier molecular flexibility index (Phi) is 4.36. The number of aliphatic imine (C=N–C) groups is 1. The number of hydrogen-bond donors (Lipinski definition) is 0. The lowest BCUT2D eigenvalue weighted by molar-refractivity contribution is -0.156. The molecule has 1 nitrogen and oxygen atoms in total. The maximum Gasteiger partial charge on any atom is 0.391 e. The van der Waals surface area contributed by atoms with Crippen molar-refractivity contribution in [2.24, 2.45) is 4.99 Å². The van der Waals surface area contributed by atoms with Crippen molar-refractivity contribution < 1.29 is 22.0 Å². The van der Waals surface area contributed by atoms with Crippen LogP contribution in [0.1, 0.15) is 55.7 Å². The summed E-state index contributed by atoms with van der Waals surface area (Å²) in [5.74, 6) is -0.918. The van der Waals surface area contributed by atoms with Gasteiger partial charge in [0.1, 0.15) is 11.6 Å². The summed E-state index contributed by atoms with van der Waals surface area (Å²) in [4.78, 5) is 4.72. The summed E-state index contributed by atoms with van der Waals surface area (Å²) in [6.07, 6.45) is -3.26. The van der Waals surface area contributed by atoms with E-state index in [9.17, 15) is 22.0 Å². The van der Waals surface area contributed by atoms with Gasteiger partial charge in [-0.05, 0) is 60.9 Å². The molecule has 148 valence electrons. The first kappa shape index (κ1) is 19.1. The van der Waals surface area contributed by atoms with Crippen LogP contribution in [0.4, 0.5) is 22.0 Å². The van der Waals surface area contributed by atoms with Gasteiger partial charge in [-0.3, -0.25) is 4.99 Å². The van der Waals surface area contributed by atoms with Crippen LogP contribution in [0, 0.1) is 11.6 Å². The van der Waals surface area contributed by atoms with Crippen LogP contribution >= 0.6 is 0 Å². The Bertz CT molecular complexity index is 931. The summed E-state index contributed by atoms with van der Waals surface area (Å²) >= 11 is 0. The van der Waals surface area contributed by atoms with Gasteiger partial charge in [-0.1, -0.05) is 19.8 Å². The first-order chi connectivity index (χ1) is 13.1. The molecule has 0 radical (unpaired) electrons. The summed E-state index contributed by atoms with van der Waals surface area (Å²) < 4.78 is 68.4. The van der Waals surface area contributed by atoms with Crippen molar-refractivity contribution in [1.29, 1.82) is 0 Å². The first-order valence-corrected chi connectivity index (χ1v) is 9.37. The molecule has 0 bridgehead atoms. The number of nitrogens with zero attached hydrogens (tertiary/aromatic N) is 1. The molecular formula is C22H20F5N. The van der Waals surface area contributed by atoms with E-state index in [1.807, 2.05) is 0 Å². The van der Waals surface area contributed by atoms with Gasteiger partial charge in [0.25, 0.3) is 0 Å². The fraction of sp³-hybridized carbons (Fsp3) is 0.409. The molecule has 28 heavy (non-hydrogen) atoms. The molecule has 6 heteroatoms. The molecule has 0 spiro atoms. The zero-order valence-corrected chi connectivity index (χ0v) is 15.4. The Labute approximate surface area is 160 Å². The lowest BCUT2D eigenvalue weighted by Crippen LogP contribution is -2.56. The average molecular weight is 393 g/mol. The Balaban J connectivity index is 2.00. The van der Waals surface area contributed by atoms with Crippen LogP contribution in [0.3, 0.4) is 0 Å². The predicted octanol–water partition coefficient (Wildman–Crippen LogP) is 6.34. The Morgan fingerprint density at radius 3 is 2.25 bits per heavy atom. The third-order valence-electron chi connectivity index (χ3n) is 6.31. The molecule has 4 rings (SSSR count). The SMILES string of the molecule is CC12CCCCC1(CC(F)(F)F)N=C(c1ccc(F)cc1)c1ccc(F)cc12. The largest absolute Gasteiger partial charge is 0.391 e. The molecule has 0 N–H and O–H groups in total. The van der Waals surface area contributed by atoms with Gasteiger partial charge in [0.2, 0.25) is 0 Å². The maximum absolute atomic E-state index is 14.2. The highest BCUT2D eigenvalue weighted by molar-refractivity contribution is 6.15. The second-order valence-corrected chi connectivity index (χ2v) is 8.02. The summed E-state index contributed by atoms with van der Waals surface area (Å²) in [7, 11) is 0. The topological polar surface area (TPSA) is 12.4 Å². The fourth-order valence-electron chi connectivity index (χ4n) is 4.91. The quantitative estimate of drug-likeness (QED) is 0.528. The molecule has 2 aromatic rings. The summed E-state index contributed by atoms with van der Waals surface area (Å²) in [6, 6.07) is 9.75. The van der Waals surface area contributed by atoms with Crippen molar-refractivity contribution in [2.45, 2.75) is 56.2 Å². The number of fused-ring (bicyclic) bond motifs is 3. The number of alkyl halides is 3. The minimum Gasteiger partial charge on any atom is -0.276 e. The Morgan fingerprint density at radius 1 is 0.929 bits per heavy atom. The van der Waals surface area contributed by atoms with Crippen LogP contribution in [0.15, 0.2) is 47.5 Å². The number of halogens is 5. The van der Waals surface area contributed by atoms with Crippen LogP contribution in [-0.2, 0) is 5.41 Å². The number of benzene rings is 2. The van der Waals surface area contributed by atoms with Crippen molar-refractivity contribution in [3.8, 4) is 0 Å². The molecule has 0 aromatic heterocycles. The van der Waals surface area contributed by atoms with E-state index in [0.717, 1.165) is 6.42 Å². The third kappa shape index (κ3) is 3.03. The highest BCUT2D eigenvalue weighted by Crippen LogP contribution is 2.56. The minimum atomic E-state index is -4.40. The summed E-state index contributed by atoms with van der Waals surface area (Å²) in [6.45, 7) is 1.78. The molecule has 2 unspecified atom stereocenters. The standard InChI is InChI=1S/C22H20F5N/c1-20-10-2-3-11-21(20,13-22(25,26)27)28-19(14-4-6-15(23)7-5-14)17-9-8-16(24)12-18(17)20/h4-9,12H,2-3,10-11,13H2,1H3. The fourth-order valence-corrected chi connectivity index (χ4v) is 4.91. The van der Waals surface area contributed by atoms with E-state index < -0.39 is 35.2 Å². The Morgan fingerprint density at radius 2 is 1.57 bits per heavy atom. The van der Waals surface area contributed by atoms with Gasteiger partial charge in [0.15, 0.2) is 0 Å². The minimum absolute atomic E-state index is 0.281. The van der Waals surface area contributed by atoms with Crippen molar-refractivity contribution in [3.05, 3.63) is 70.8 Å². The van der Waals surface area contributed by atoms with Gasteiger partial charge in [-0.15, -0.1) is 0 Å². The molecular weight excluding hydrogens is 373 g/mol. The summed E-state index contributed by atoms with van der Waals surface area (Å²) in [5.41, 5.74) is -0.224. The van der Waals surface area contributed by atoms with Gasteiger partial charge < -0.3 is 0 Å².